The van der Waals surface area contributed by atoms with Crippen LogP contribution < -0.4 is 21.7 Å². The van der Waals surface area contributed by atoms with Crippen molar-refractivity contribution in [2.24, 2.45) is 0 Å². The van der Waals surface area contributed by atoms with Crippen LogP contribution in [0.2, 0.25) is 5.02 Å². The van der Waals surface area contributed by atoms with Crippen molar-refractivity contribution in [3.63, 3.8) is 0 Å². The number of rotatable bonds is 4. The van der Waals surface area contributed by atoms with E-state index in [1.165, 1.54) is 0 Å². The lowest BCUT2D eigenvalue weighted by Gasteiger charge is -2.15. The Kier molecular flexibility index (Phi) is 6.93. The Morgan fingerprint density at radius 1 is 0.838 bits per heavy atom. The lowest BCUT2D eigenvalue weighted by molar-refractivity contribution is 0.0944. The van der Waals surface area contributed by atoms with Gasteiger partial charge in [0.25, 0.3) is 11.5 Å². The van der Waals surface area contributed by atoms with E-state index in [0.717, 1.165) is 5.56 Å². The fraction of sp³-hybridized carbons (Fsp3) is 0. The molecule has 1 aromatic heterocycles. The van der Waals surface area contributed by atoms with Crippen LogP contribution in [0.15, 0.2) is 108 Å². The number of halogens is 1. The average Bonchev–Trinajstić information content (AvgIpc) is 2.92. The summed E-state index contributed by atoms with van der Waals surface area (Å²) in [6.07, 6.45) is 0. The van der Waals surface area contributed by atoms with Crippen LogP contribution in [-0.4, -0.2) is 20.6 Å². The molecule has 0 aliphatic rings. The van der Waals surface area contributed by atoms with Crippen LogP contribution in [-0.2, 0) is 0 Å². The van der Waals surface area contributed by atoms with E-state index in [1.807, 2.05) is 48.5 Å². The number of hydrogen-bond donors (Lipinski definition) is 3. The number of carbonyl (C=O) groups is 1. The summed E-state index contributed by atoms with van der Waals surface area (Å²) >= 11 is 11.2. The molecule has 37 heavy (non-hydrogen) atoms. The number of nitrogens with zero attached hydrogens (tertiary/aromatic N) is 2. The molecule has 0 atom stereocenters. The van der Waals surface area contributed by atoms with Gasteiger partial charge in [-0.15, -0.1) is 0 Å². The second-order valence-electron chi connectivity index (χ2n) is 8.05. The van der Waals surface area contributed by atoms with Gasteiger partial charge in [-0.3, -0.25) is 25.0 Å². The van der Waals surface area contributed by atoms with Crippen molar-refractivity contribution in [2.45, 2.75) is 0 Å². The molecule has 9 heteroatoms. The standard InChI is InChI=1S/C28H20ClN5O2S/c29-20-9-6-10-21(17-20)30-28(37)33-32-26(35)19-13-15-22(16-14-19)34-25(18-7-2-1-3-8-18)31-24-12-5-4-11-23(24)27(34)36/h1-17H,(H,32,35)(H2,30,33,37). The molecule has 5 rings (SSSR count). The summed E-state index contributed by atoms with van der Waals surface area (Å²) in [4.78, 5) is 30.9. The van der Waals surface area contributed by atoms with Crippen LogP contribution in [0.25, 0.3) is 28.0 Å². The summed E-state index contributed by atoms with van der Waals surface area (Å²) in [7, 11) is 0. The van der Waals surface area contributed by atoms with Gasteiger partial charge >= 0.3 is 0 Å². The number of anilines is 1. The third-order valence-corrected chi connectivity index (χ3v) is 6.01. The van der Waals surface area contributed by atoms with Crippen molar-refractivity contribution in [1.82, 2.24) is 20.4 Å². The summed E-state index contributed by atoms with van der Waals surface area (Å²) < 4.78 is 1.56. The number of nitrogens with one attached hydrogen (secondary N) is 3. The van der Waals surface area contributed by atoms with Crippen LogP contribution in [0.3, 0.4) is 0 Å². The van der Waals surface area contributed by atoms with Crippen LogP contribution in [0.1, 0.15) is 10.4 Å². The van der Waals surface area contributed by atoms with Gasteiger partial charge in [0.1, 0.15) is 5.82 Å². The second-order valence-corrected chi connectivity index (χ2v) is 8.89. The molecule has 4 aromatic carbocycles. The summed E-state index contributed by atoms with van der Waals surface area (Å²) in [5.41, 5.74) is 8.11. The minimum atomic E-state index is -0.394. The maximum atomic E-state index is 13.5. The normalized spacial score (nSPS) is 10.6. The van der Waals surface area contributed by atoms with E-state index in [-0.39, 0.29) is 10.7 Å². The molecule has 0 spiro atoms. The molecule has 0 bridgehead atoms. The lowest BCUT2D eigenvalue weighted by Crippen LogP contribution is -2.43. The number of aromatic nitrogens is 2. The molecular formula is C28H20ClN5O2S. The SMILES string of the molecule is O=C(NNC(=S)Nc1cccc(Cl)c1)c1ccc(-n2c(-c3ccccc3)nc3ccccc3c2=O)cc1. The van der Waals surface area contributed by atoms with Crippen molar-refractivity contribution in [3.8, 4) is 17.1 Å². The van der Waals surface area contributed by atoms with E-state index in [0.29, 0.717) is 38.7 Å². The molecule has 7 nitrogen and oxygen atoms in total. The molecule has 0 saturated carbocycles. The Hall–Kier alpha value is -4.53. The van der Waals surface area contributed by atoms with Gasteiger partial charge in [-0.1, -0.05) is 60.1 Å². The number of hydrazine groups is 1. The van der Waals surface area contributed by atoms with Crippen LogP contribution in [0.5, 0.6) is 0 Å². The first-order valence-electron chi connectivity index (χ1n) is 11.3. The molecule has 0 fully saturated rings. The van der Waals surface area contributed by atoms with Crippen LogP contribution in [0.4, 0.5) is 5.69 Å². The Morgan fingerprint density at radius 3 is 2.32 bits per heavy atom. The molecule has 1 heterocycles. The quantitative estimate of drug-likeness (QED) is 0.217. The number of fused-ring (bicyclic) bond motifs is 1. The summed E-state index contributed by atoms with van der Waals surface area (Å²) in [6, 6.07) is 30.5. The van der Waals surface area contributed by atoms with Gasteiger partial charge in [0.15, 0.2) is 5.11 Å². The molecule has 1 amide bonds. The molecule has 0 aliphatic heterocycles. The van der Waals surface area contributed by atoms with Gasteiger partial charge in [-0.25, -0.2) is 4.98 Å². The van der Waals surface area contributed by atoms with Gasteiger partial charge in [0.2, 0.25) is 0 Å². The molecule has 0 saturated heterocycles. The van der Waals surface area contributed by atoms with Crippen molar-refractivity contribution in [1.29, 1.82) is 0 Å². The minimum Gasteiger partial charge on any atom is -0.331 e. The highest BCUT2D eigenvalue weighted by atomic mass is 35.5. The smallest absolute Gasteiger partial charge is 0.269 e. The first kappa shape index (κ1) is 24.2. The van der Waals surface area contributed by atoms with E-state index in [4.69, 9.17) is 28.8 Å². The molecule has 0 radical (unpaired) electrons. The Morgan fingerprint density at radius 2 is 1.57 bits per heavy atom. The zero-order valence-electron chi connectivity index (χ0n) is 19.3. The van der Waals surface area contributed by atoms with Gasteiger partial charge in [-0.05, 0) is 66.8 Å². The number of thiocarbonyl (C=S) groups is 1. The third-order valence-electron chi connectivity index (χ3n) is 5.57. The predicted molar refractivity (Wildman–Crippen MR) is 151 cm³/mol. The first-order valence-corrected chi connectivity index (χ1v) is 12.1. The summed E-state index contributed by atoms with van der Waals surface area (Å²) in [5.74, 6) is 0.120. The highest BCUT2D eigenvalue weighted by Crippen LogP contribution is 2.22. The van der Waals surface area contributed by atoms with Gasteiger partial charge in [0.05, 0.1) is 16.6 Å². The average molecular weight is 526 g/mol. The zero-order valence-corrected chi connectivity index (χ0v) is 20.9. The van der Waals surface area contributed by atoms with Crippen molar-refractivity contribution in [2.75, 3.05) is 5.32 Å². The number of para-hydroxylation sites is 1. The third kappa shape index (κ3) is 5.35. The molecule has 0 unspecified atom stereocenters. The van der Waals surface area contributed by atoms with Gasteiger partial charge in [-0.2, -0.15) is 0 Å². The van der Waals surface area contributed by atoms with E-state index in [9.17, 15) is 9.59 Å². The van der Waals surface area contributed by atoms with Gasteiger partial charge < -0.3 is 5.32 Å². The molecule has 3 N–H and O–H groups in total. The first-order chi connectivity index (χ1) is 18.0. The Labute approximate surface area is 222 Å². The van der Waals surface area contributed by atoms with Crippen LogP contribution >= 0.6 is 23.8 Å². The Balaban J connectivity index is 1.39. The maximum Gasteiger partial charge on any atom is 0.269 e. The summed E-state index contributed by atoms with van der Waals surface area (Å²) in [6.45, 7) is 0. The topological polar surface area (TPSA) is 88.1 Å². The monoisotopic (exact) mass is 525 g/mol. The number of carbonyl (C=O) groups excluding carboxylic acids is 1. The fourth-order valence-corrected chi connectivity index (χ4v) is 4.19. The molecular weight excluding hydrogens is 506 g/mol. The number of hydrogen-bond acceptors (Lipinski definition) is 4. The minimum absolute atomic E-state index is 0.194. The highest BCUT2D eigenvalue weighted by Gasteiger charge is 2.15. The number of amides is 1. The van der Waals surface area contributed by atoms with Crippen molar-refractivity contribution < 1.29 is 4.79 Å². The van der Waals surface area contributed by atoms with Gasteiger partial charge in [0, 0.05) is 21.8 Å². The predicted octanol–water partition coefficient (Wildman–Crippen LogP) is 5.34. The molecule has 5 aromatic rings. The fourth-order valence-electron chi connectivity index (χ4n) is 3.83. The number of benzene rings is 4. The summed E-state index contributed by atoms with van der Waals surface area (Å²) in [5, 5.41) is 4.21. The molecule has 0 aliphatic carbocycles. The van der Waals surface area contributed by atoms with E-state index < -0.39 is 5.91 Å². The van der Waals surface area contributed by atoms with Crippen LogP contribution in [0, 0.1) is 0 Å². The van der Waals surface area contributed by atoms with E-state index in [2.05, 4.69) is 16.2 Å². The lowest BCUT2D eigenvalue weighted by atomic mass is 10.1. The van der Waals surface area contributed by atoms with Crippen molar-refractivity contribution >= 4 is 51.4 Å². The van der Waals surface area contributed by atoms with E-state index >= 15 is 0 Å². The maximum absolute atomic E-state index is 13.5. The largest absolute Gasteiger partial charge is 0.331 e. The Bertz CT molecular complexity index is 1670. The zero-order chi connectivity index (χ0) is 25.8. The second kappa shape index (κ2) is 10.6. The highest BCUT2D eigenvalue weighted by molar-refractivity contribution is 7.80. The molecule has 182 valence electrons. The van der Waals surface area contributed by atoms with Crippen molar-refractivity contribution in [3.05, 3.63) is 124 Å². The van der Waals surface area contributed by atoms with E-state index in [1.54, 1.807) is 59.2 Å².